The molecular formula is C17H20N4O. The van der Waals surface area contributed by atoms with Gasteiger partial charge in [-0.3, -0.25) is 0 Å². The molecule has 1 atom stereocenters. The lowest BCUT2D eigenvalue weighted by Gasteiger charge is -2.13. The Kier molecular flexibility index (Phi) is 4.06. The third-order valence-electron chi connectivity index (χ3n) is 3.72. The van der Waals surface area contributed by atoms with Gasteiger partial charge in [0.25, 0.3) is 0 Å². The maximum Gasteiger partial charge on any atom is 0.149 e. The number of nitrogens with one attached hydrogen (secondary N) is 1. The Balaban J connectivity index is 1.63. The van der Waals surface area contributed by atoms with Crippen molar-refractivity contribution in [3.05, 3.63) is 59.9 Å². The SMILES string of the molecule is Cc1ccc(-c2ccc(CNC(C)c3nncn3C)cc2)o1. The van der Waals surface area contributed by atoms with Crippen molar-refractivity contribution in [2.24, 2.45) is 7.05 Å². The minimum Gasteiger partial charge on any atom is -0.461 e. The van der Waals surface area contributed by atoms with Gasteiger partial charge in [0.2, 0.25) is 0 Å². The molecule has 0 radical (unpaired) electrons. The molecule has 3 rings (SSSR count). The molecule has 1 aromatic carbocycles. The molecule has 0 aliphatic carbocycles. The third kappa shape index (κ3) is 3.09. The molecule has 2 heterocycles. The highest BCUT2D eigenvalue weighted by Gasteiger charge is 2.10. The summed E-state index contributed by atoms with van der Waals surface area (Å²) in [4.78, 5) is 0. The molecule has 0 bridgehead atoms. The number of aromatic nitrogens is 3. The molecule has 114 valence electrons. The van der Waals surface area contributed by atoms with Crippen LogP contribution in [0.25, 0.3) is 11.3 Å². The fourth-order valence-corrected chi connectivity index (χ4v) is 2.42. The number of hydrogen-bond donors (Lipinski definition) is 1. The fraction of sp³-hybridized carbons (Fsp3) is 0.294. The van der Waals surface area contributed by atoms with Crippen LogP contribution in [0.2, 0.25) is 0 Å². The van der Waals surface area contributed by atoms with Gasteiger partial charge in [0.1, 0.15) is 23.7 Å². The smallest absolute Gasteiger partial charge is 0.149 e. The van der Waals surface area contributed by atoms with Crippen LogP contribution in [0.1, 0.15) is 30.1 Å². The van der Waals surface area contributed by atoms with Crippen LogP contribution in [0, 0.1) is 6.92 Å². The summed E-state index contributed by atoms with van der Waals surface area (Å²) in [6, 6.07) is 12.5. The summed E-state index contributed by atoms with van der Waals surface area (Å²) >= 11 is 0. The average Bonchev–Trinajstić information content (AvgIpc) is 3.14. The molecule has 0 saturated carbocycles. The van der Waals surface area contributed by atoms with Gasteiger partial charge in [-0.25, -0.2) is 0 Å². The predicted octanol–water partition coefficient (Wildman–Crippen LogP) is 3.23. The molecule has 3 aromatic rings. The van der Waals surface area contributed by atoms with Crippen molar-refractivity contribution in [2.45, 2.75) is 26.4 Å². The first-order chi connectivity index (χ1) is 10.6. The molecule has 0 spiro atoms. The van der Waals surface area contributed by atoms with Crippen molar-refractivity contribution in [3.8, 4) is 11.3 Å². The van der Waals surface area contributed by atoms with Gasteiger partial charge in [0.05, 0.1) is 6.04 Å². The summed E-state index contributed by atoms with van der Waals surface area (Å²) in [7, 11) is 1.95. The number of furan rings is 1. The Morgan fingerprint density at radius 1 is 1.18 bits per heavy atom. The first-order valence-electron chi connectivity index (χ1n) is 7.36. The van der Waals surface area contributed by atoms with Crippen molar-refractivity contribution >= 4 is 0 Å². The highest BCUT2D eigenvalue weighted by Crippen LogP contribution is 2.22. The van der Waals surface area contributed by atoms with Crippen LogP contribution < -0.4 is 5.32 Å². The van der Waals surface area contributed by atoms with E-state index in [2.05, 4.69) is 46.7 Å². The van der Waals surface area contributed by atoms with Crippen molar-refractivity contribution < 1.29 is 4.42 Å². The summed E-state index contributed by atoms with van der Waals surface area (Å²) in [5.74, 6) is 2.77. The van der Waals surface area contributed by atoms with E-state index in [1.165, 1.54) is 5.56 Å². The summed E-state index contributed by atoms with van der Waals surface area (Å²) in [6.45, 7) is 4.82. The highest BCUT2D eigenvalue weighted by molar-refractivity contribution is 5.57. The van der Waals surface area contributed by atoms with Gasteiger partial charge in [-0.15, -0.1) is 10.2 Å². The van der Waals surface area contributed by atoms with E-state index in [0.717, 1.165) is 29.5 Å². The minimum absolute atomic E-state index is 0.153. The Hall–Kier alpha value is -2.40. The highest BCUT2D eigenvalue weighted by atomic mass is 16.3. The van der Waals surface area contributed by atoms with Crippen LogP contribution in [-0.4, -0.2) is 14.8 Å². The maximum absolute atomic E-state index is 5.64. The van der Waals surface area contributed by atoms with Crippen LogP contribution in [0.15, 0.2) is 47.1 Å². The lowest BCUT2D eigenvalue weighted by atomic mass is 10.1. The monoisotopic (exact) mass is 296 g/mol. The number of nitrogens with zero attached hydrogens (tertiary/aromatic N) is 3. The van der Waals surface area contributed by atoms with Gasteiger partial charge < -0.3 is 14.3 Å². The summed E-state index contributed by atoms with van der Waals surface area (Å²) < 4.78 is 7.57. The molecular weight excluding hydrogens is 276 g/mol. The van der Waals surface area contributed by atoms with E-state index >= 15 is 0 Å². The molecule has 2 aromatic heterocycles. The number of benzene rings is 1. The Morgan fingerprint density at radius 2 is 1.95 bits per heavy atom. The predicted molar refractivity (Wildman–Crippen MR) is 85.1 cm³/mol. The number of aryl methyl sites for hydroxylation is 2. The normalized spacial score (nSPS) is 12.5. The Labute approximate surface area is 130 Å². The average molecular weight is 296 g/mol. The second kappa shape index (κ2) is 6.15. The zero-order chi connectivity index (χ0) is 15.5. The molecule has 0 aliphatic rings. The van der Waals surface area contributed by atoms with E-state index < -0.39 is 0 Å². The van der Waals surface area contributed by atoms with Crippen molar-refractivity contribution in [1.82, 2.24) is 20.1 Å². The Morgan fingerprint density at radius 3 is 2.55 bits per heavy atom. The molecule has 1 unspecified atom stereocenters. The largest absolute Gasteiger partial charge is 0.461 e. The van der Waals surface area contributed by atoms with Gasteiger partial charge in [0, 0.05) is 19.2 Å². The second-order valence-electron chi connectivity index (χ2n) is 5.51. The van der Waals surface area contributed by atoms with E-state index in [-0.39, 0.29) is 6.04 Å². The molecule has 5 heteroatoms. The zero-order valence-electron chi connectivity index (χ0n) is 13.1. The maximum atomic E-state index is 5.64. The number of hydrogen-bond acceptors (Lipinski definition) is 4. The lowest BCUT2D eigenvalue weighted by molar-refractivity contribution is 0.528. The van der Waals surface area contributed by atoms with Crippen LogP contribution >= 0.6 is 0 Å². The van der Waals surface area contributed by atoms with Gasteiger partial charge >= 0.3 is 0 Å². The van der Waals surface area contributed by atoms with Crippen LogP contribution in [0.3, 0.4) is 0 Å². The molecule has 5 nitrogen and oxygen atoms in total. The lowest BCUT2D eigenvalue weighted by Crippen LogP contribution is -2.21. The molecule has 0 amide bonds. The summed E-state index contributed by atoms with van der Waals surface area (Å²) in [5.41, 5.74) is 2.32. The quantitative estimate of drug-likeness (QED) is 0.785. The van der Waals surface area contributed by atoms with E-state index in [9.17, 15) is 0 Å². The minimum atomic E-state index is 0.153. The zero-order valence-corrected chi connectivity index (χ0v) is 13.1. The molecule has 0 fully saturated rings. The molecule has 1 N–H and O–H groups in total. The van der Waals surface area contributed by atoms with E-state index in [1.54, 1.807) is 6.33 Å². The van der Waals surface area contributed by atoms with Crippen LogP contribution in [-0.2, 0) is 13.6 Å². The third-order valence-corrected chi connectivity index (χ3v) is 3.72. The summed E-state index contributed by atoms with van der Waals surface area (Å²) in [5, 5.41) is 11.5. The van der Waals surface area contributed by atoms with E-state index in [1.807, 2.05) is 30.7 Å². The number of rotatable bonds is 5. The van der Waals surface area contributed by atoms with Gasteiger partial charge in [0.15, 0.2) is 0 Å². The standard InChI is InChI=1S/C17H20N4O/c1-12-4-9-16(22-12)15-7-5-14(6-8-15)10-18-13(2)17-20-19-11-21(17)3/h4-9,11,13,18H,10H2,1-3H3. The van der Waals surface area contributed by atoms with Gasteiger partial charge in [-0.1, -0.05) is 24.3 Å². The second-order valence-corrected chi connectivity index (χ2v) is 5.51. The van der Waals surface area contributed by atoms with Crippen molar-refractivity contribution in [1.29, 1.82) is 0 Å². The molecule has 0 aliphatic heterocycles. The van der Waals surface area contributed by atoms with Crippen molar-refractivity contribution in [3.63, 3.8) is 0 Å². The first-order valence-corrected chi connectivity index (χ1v) is 7.36. The molecule has 0 saturated heterocycles. The van der Waals surface area contributed by atoms with Crippen molar-refractivity contribution in [2.75, 3.05) is 0 Å². The first kappa shape index (κ1) is 14.5. The van der Waals surface area contributed by atoms with Gasteiger partial charge in [-0.2, -0.15) is 0 Å². The van der Waals surface area contributed by atoms with E-state index in [4.69, 9.17) is 4.42 Å². The van der Waals surface area contributed by atoms with Gasteiger partial charge in [-0.05, 0) is 31.5 Å². The van der Waals surface area contributed by atoms with E-state index in [0.29, 0.717) is 0 Å². The van der Waals surface area contributed by atoms with Crippen LogP contribution in [0.4, 0.5) is 0 Å². The fourth-order valence-electron chi connectivity index (χ4n) is 2.42. The summed E-state index contributed by atoms with van der Waals surface area (Å²) in [6.07, 6.45) is 1.72. The van der Waals surface area contributed by atoms with Crippen LogP contribution in [0.5, 0.6) is 0 Å². The molecule has 22 heavy (non-hydrogen) atoms. The topological polar surface area (TPSA) is 55.9 Å². The Bertz CT molecular complexity index is 742.